The molecule has 104 valence electrons. The van der Waals surface area contributed by atoms with Gasteiger partial charge in [-0.3, -0.25) is 4.79 Å². The van der Waals surface area contributed by atoms with E-state index < -0.39 is 0 Å². The molecular formula is C18H14O2S. The quantitative estimate of drug-likeness (QED) is 0.639. The first-order chi connectivity index (χ1) is 10.3. The van der Waals surface area contributed by atoms with Crippen molar-refractivity contribution in [2.45, 2.75) is 0 Å². The van der Waals surface area contributed by atoms with Gasteiger partial charge in [-0.05, 0) is 34.7 Å². The third-order valence-corrected chi connectivity index (χ3v) is 4.24. The van der Waals surface area contributed by atoms with Crippen molar-refractivity contribution in [3.8, 4) is 28.0 Å². The molecule has 0 N–H and O–H groups in total. The van der Waals surface area contributed by atoms with Crippen LogP contribution in [0.25, 0.3) is 22.3 Å². The van der Waals surface area contributed by atoms with Gasteiger partial charge in [0.2, 0.25) is 0 Å². The van der Waals surface area contributed by atoms with Crippen LogP contribution in [0, 0.1) is 0 Å². The smallest absolute Gasteiger partial charge is 0.160 e. The lowest BCUT2D eigenvalue weighted by Crippen LogP contribution is -1.90. The highest BCUT2D eigenvalue weighted by atomic mass is 32.1. The lowest BCUT2D eigenvalue weighted by molar-refractivity contribution is 0.112. The van der Waals surface area contributed by atoms with Gasteiger partial charge in [0.05, 0.1) is 12.0 Å². The van der Waals surface area contributed by atoms with Crippen molar-refractivity contribution in [2.24, 2.45) is 0 Å². The molecule has 0 atom stereocenters. The van der Waals surface area contributed by atoms with E-state index >= 15 is 0 Å². The molecule has 0 aliphatic carbocycles. The summed E-state index contributed by atoms with van der Waals surface area (Å²) in [5.41, 5.74) is 4.12. The van der Waals surface area contributed by atoms with Crippen LogP contribution in [0.3, 0.4) is 0 Å². The Morgan fingerprint density at radius 2 is 1.76 bits per heavy atom. The van der Waals surface area contributed by atoms with Crippen LogP contribution in [-0.2, 0) is 0 Å². The Labute approximate surface area is 127 Å². The fraction of sp³-hybridized carbons (Fsp3) is 0.0556. The van der Waals surface area contributed by atoms with Crippen molar-refractivity contribution in [1.82, 2.24) is 0 Å². The van der Waals surface area contributed by atoms with Crippen LogP contribution in [0.2, 0.25) is 0 Å². The minimum atomic E-state index is 0.721. The van der Waals surface area contributed by atoms with Gasteiger partial charge in [-0.15, -0.1) is 11.3 Å². The summed E-state index contributed by atoms with van der Waals surface area (Å²) >= 11 is 1.44. The summed E-state index contributed by atoms with van der Waals surface area (Å²) < 4.78 is 5.45. The number of methoxy groups -OCH3 is 1. The second-order valence-corrected chi connectivity index (χ2v) is 5.55. The van der Waals surface area contributed by atoms with Gasteiger partial charge >= 0.3 is 0 Å². The van der Waals surface area contributed by atoms with Gasteiger partial charge < -0.3 is 4.74 Å². The summed E-state index contributed by atoms with van der Waals surface area (Å²) in [5, 5.41) is 1.92. The third kappa shape index (κ3) is 2.60. The number of carbonyl (C=O) groups is 1. The van der Waals surface area contributed by atoms with Crippen LogP contribution in [0.1, 0.15) is 9.67 Å². The number of rotatable bonds is 4. The fourth-order valence-corrected chi connectivity index (χ4v) is 3.07. The molecule has 2 nitrogen and oxygen atoms in total. The first kappa shape index (κ1) is 13.6. The van der Waals surface area contributed by atoms with E-state index in [0.717, 1.165) is 39.2 Å². The zero-order valence-electron chi connectivity index (χ0n) is 11.6. The predicted molar refractivity (Wildman–Crippen MR) is 87.1 cm³/mol. The largest absolute Gasteiger partial charge is 0.496 e. The molecule has 21 heavy (non-hydrogen) atoms. The predicted octanol–water partition coefficient (Wildman–Crippen LogP) is 4.90. The maximum atomic E-state index is 11.2. The van der Waals surface area contributed by atoms with Crippen molar-refractivity contribution >= 4 is 17.6 Å². The van der Waals surface area contributed by atoms with Gasteiger partial charge in [-0.2, -0.15) is 0 Å². The Bertz CT molecular complexity index is 760. The van der Waals surface area contributed by atoms with Crippen LogP contribution >= 0.6 is 11.3 Å². The highest BCUT2D eigenvalue weighted by Gasteiger charge is 2.12. The second-order valence-electron chi connectivity index (χ2n) is 4.60. The molecule has 3 heteroatoms. The summed E-state index contributed by atoms with van der Waals surface area (Å²) in [5.74, 6) is 0.774. The normalized spacial score (nSPS) is 10.3. The molecule has 0 amide bonds. The summed E-state index contributed by atoms with van der Waals surface area (Å²) in [6.45, 7) is 0. The van der Waals surface area contributed by atoms with Crippen molar-refractivity contribution in [1.29, 1.82) is 0 Å². The maximum absolute atomic E-state index is 11.2. The van der Waals surface area contributed by atoms with E-state index in [1.54, 1.807) is 7.11 Å². The average molecular weight is 294 g/mol. The van der Waals surface area contributed by atoms with Gasteiger partial charge in [-0.1, -0.05) is 36.4 Å². The van der Waals surface area contributed by atoms with Crippen LogP contribution in [0.5, 0.6) is 5.75 Å². The van der Waals surface area contributed by atoms with E-state index in [-0.39, 0.29) is 0 Å². The van der Waals surface area contributed by atoms with E-state index in [1.807, 2.05) is 41.8 Å². The number of benzene rings is 2. The fourth-order valence-electron chi connectivity index (χ4n) is 2.36. The topological polar surface area (TPSA) is 26.3 Å². The number of carbonyl (C=O) groups excluding carboxylic acids is 1. The van der Waals surface area contributed by atoms with Crippen LogP contribution in [0.15, 0.2) is 60.0 Å². The maximum Gasteiger partial charge on any atom is 0.160 e. The zero-order valence-corrected chi connectivity index (χ0v) is 12.4. The Balaban J connectivity index is 2.17. The average Bonchev–Trinajstić information content (AvgIpc) is 3.03. The van der Waals surface area contributed by atoms with Crippen molar-refractivity contribution < 1.29 is 9.53 Å². The van der Waals surface area contributed by atoms with E-state index in [4.69, 9.17) is 4.74 Å². The van der Waals surface area contributed by atoms with Gasteiger partial charge in [0.15, 0.2) is 6.29 Å². The minimum absolute atomic E-state index is 0.721. The lowest BCUT2D eigenvalue weighted by Gasteiger charge is -2.11. The first-order valence-corrected chi connectivity index (χ1v) is 7.48. The van der Waals surface area contributed by atoms with E-state index in [1.165, 1.54) is 11.3 Å². The molecule has 3 aromatic rings. The minimum Gasteiger partial charge on any atom is -0.496 e. The Morgan fingerprint density at radius 1 is 0.952 bits per heavy atom. The number of ether oxygens (including phenoxy) is 1. The number of hydrogen-bond donors (Lipinski definition) is 0. The van der Waals surface area contributed by atoms with Gasteiger partial charge in [0.1, 0.15) is 5.75 Å². The summed E-state index contributed by atoms with van der Waals surface area (Å²) in [7, 11) is 1.65. The monoisotopic (exact) mass is 294 g/mol. The van der Waals surface area contributed by atoms with E-state index in [0.29, 0.717) is 0 Å². The molecule has 2 aromatic carbocycles. The van der Waals surface area contributed by atoms with Crippen molar-refractivity contribution in [3.05, 3.63) is 64.9 Å². The van der Waals surface area contributed by atoms with Crippen LogP contribution in [0.4, 0.5) is 0 Å². The first-order valence-electron chi connectivity index (χ1n) is 6.60. The Morgan fingerprint density at radius 3 is 2.48 bits per heavy atom. The zero-order chi connectivity index (χ0) is 14.7. The number of thiophene rings is 1. The Kier molecular flexibility index (Phi) is 3.84. The van der Waals surface area contributed by atoms with Crippen molar-refractivity contribution in [2.75, 3.05) is 7.11 Å². The molecule has 0 unspecified atom stereocenters. The second kappa shape index (κ2) is 5.94. The molecule has 0 radical (unpaired) electrons. The molecule has 0 saturated heterocycles. The molecular weight excluding hydrogens is 280 g/mol. The number of aldehydes is 1. The van der Waals surface area contributed by atoms with Crippen LogP contribution in [-0.4, -0.2) is 13.4 Å². The number of hydrogen-bond acceptors (Lipinski definition) is 3. The van der Waals surface area contributed by atoms with Gasteiger partial charge in [-0.25, -0.2) is 0 Å². The van der Waals surface area contributed by atoms with Gasteiger partial charge in [0.25, 0.3) is 0 Å². The molecule has 0 bridgehead atoms. The highest BCUT2D eigenvalue weighted by molar-refractivity contribution is 7.12. The van der Waals surface area contributed by atoms with E-state index in [9.17, 15) is 4.79 Å². The molecule has 0 aliphatic rings. The lowest BCUT2D eigenvalue weighted by atomic mass is 9.98. The van der Waals surface area contributed by atoms with Crippen molar-refractivity contribution in [3.63, 3.8) is 0 Å². The van der Waals surface area contributed by atoms with Gasteiger partial charge in [0, 0.05) is 11.1 Å². The molecule has 3 rings (SSSR count). The third-order valence-electron chi connectivity index (χ3n) is 3.40. The molecule has 1 aromatic heterocycles. The van der Waals surface area contributed by atoms with Crippen LogP contribution < -0.4 is 4.74 Å². The molecule has 1 heterocycles. The molecule has 0 fully saturated rings. The molecule has 0 aliphatic heterocycles. The summed E-state index contributed by atoms with van der Waals surface area (Å²) in [4.78, 5) is 11.9. The molecule has 0 saturated carbocycles. The van der Waals surface area contributed by atoms with E-state index in [2.05, 4.69) is 18.2 Å². The standard InChI is InChI=1S/C18H14O2S/c1-20-17-8-7-14(13-5-3-2-4-6-13)11-16(17)15-9-10-21-18(15)12-19/h2-12H,1H3. The SMILES string of the molecule is COc1ccc(-c2ccccc2)cc1-c1ccsc1C=O. The summed E-state index contributed by atoms with van der Waals surface area (Å²) in [6, 6.07) is 18.2. The highest BCUT2D eigenvalue weighted by Crippen LogP contribution is 2.37. The Hall–Kier alpha value is -2.39. The molecule has 0 spiro atoms. The summed E-state index contributed by atoms with van der Waals surface area (Å²) in [6.07, 6.45) is 0.897.